The van der Waals surface area contributed by atoms with E-state index < -0.39 is 23.4 Å². The molecule has 92 valence electrons. The average molecular weight is 308 g/mol. The van der Waals surface area contributed by atoms with Gasteiger partial charge < -0.3 is 4.90 Å². The number of nitrogens with zero attached hydrogens (tertiary/aromatic N) is 1. The Morgan fingerprint density at radius 1 is 1.29 bits per heavy atom. The summed E-state index contributed by atoms with van der Waals surface area (Å²) in [6, 6.07) is 1.45. The third-order valence-electron chi connectivity index (χ3n) is 2.65. The van der Waals surface area contributed by atoms with Gasteiger partial charge in [0.2, 0.25) is 0 Å². The van der Waals surface area contributed by atoms with Gasteiger partial charge in [0.05, 0.1) is 0 Å². The lowest BCUT2D eigenvalue weighted by Crippen LogP contribution is -2.29. The molecule has 2 nitrogen and oxygen atoms in total. The molecule has 1 aliphatic heterocycles. The second-order valence-electron chi connectivity index (χ2n) is 3.89. The fourth-order valence-corrected chi connectivity index (χ4v) is 2.32. The third-order valence-corrected chi connectivity index (χ3v) is 3.40. The first-order chi connectivity index (χ1) is 7.99. The number of amides is 1. The zero-order chi connectivity index (χ0) is 12.6. The first-order valence-electron chi connectivity index (χ1n) is 5.07. The summed E-state index contributed by atoms with van der Waals surface area (Å²) in [6.07, 6.45) is 0.790. The van der Waals surface area contributed by atoms with Gasteiger partial charge in [-0.2, -0.15) is 0 Å². The van der Waals surface area contributed by atoms with Crippen LogP contribution < -0.4 is 0 Å². The molecule has 1 fully saturated rings. The van der Waals surface area contributed by atoms with Gasteiger partial charge in [0.25, 0.3) is 5.91 Å². The Kier molecular flexibility index (Phi) is 3.42. The summed E-state index contributed by atoms with van der Waals surface area (Å²) < 4.78 is 38.7. The van der Waals surface area contributed by atoms with Crippen molar-refractivity contribution in [2.75, 3.05) is 13.1 Å². The predicted octanol–water partition coefficient (Wildman–Crippen LogP) is 2.71. The summed E-state index contributed by atoms with van der Waals surface area (Å²) in [5.41, 5.74) is -0.164. The highest BCUT2D eigenvalue weighted by molar-refractivity contribution is 9.09. The SMILES string of the molecule is O=C(c1cc(F)c(F)c(F)c1)N1CCC(Br)C1. The summed E-state index contributed by atoms with van der Waals surface area (Å²) >= 11 is 3.36. The van der Waals surface area contributed by atoms with E-state index in [1.165, 1.54) is 4.90 Å². The zero-order valence-electron chi connectivity index (χ0n) is 8.72. The van der Waals surface area contributed by atoms with E-state index >= 15 is 0 Å². The van der Waals surface area contributed by atoms with E-state index in [1.54, 1.807) is 0 Å². The minimum Gasteiger partial charge on any atom is -0.337 e. The van der Waals surface area contributed by atoms with E-state index in [0.29, 0.717) is 13.1 Å². The van der Waals surface area contributed by atoms with Crippen molar-refractivity contribution in [1.82, 2.24) is 4.90 Å². The molecule has 1 aromatic carbocycles. The number of halogens is 4. The van der Waals surface area contributed by atoms with Gasteiger partial charge in [0, 0.05) is 23.5 Å². The van der Waals surface area contributed by atoms with E-state index in [2.05, 4.69) is 15.9 Å². The normalized spacial score (nSPS) is 19.8. The van der Waals surface area contributed by atoms with Gasteiger partial charge in [-0.3, -0.25) is 4.79 Å². The number of hydrogen-bond acceptors (Lipinski definition) is 1. The van der Waals surface area contributed by atoms with Crippen LogP contribution in [0.5, 0.6) is 0 Å². The summed E-state index contributed by atoms with van der Waals surface area (Å²) in [5.74, 6) is -4.73. The van der Waals surface area contributed by atoms with Crippen molar-refractivity contribution < 1.29 is 18.0 Å². The predicted molar refractivity (Wildman–Crippen MR) is 59.6 cm³/mol. The van der Waals surface area contributed by atoms with Crippen LogP contribution in [-0.2, 0) is 0 Å². The van der Waals surface area contributed by atoms with Crippen molar-refractivity contribution in [2.24, 2.45) is 0 Å². The molecular formula is C11H9BrF3NO. The molecule has 1 unspecified atom stereocenters. The molecule has 1 aromatic rings. The molecular weight excluding hydrogens is 299 g/mol. The Morgan fingerprint density at radius 3 is 2.35 bits per heavy atom. The Bertz CT molecular complexity index is 443. The van der Waals surface area contributed by atoms with Crippen LogP contribution in [0.3, 0.4) is 0 Å². The van der Waals surface area contributed by atoms with Crippen LogP contribution in [0.2, 0.25) is 0 Å². The minimum absolute atomic E-state index is 0.164. The first kappa shape index (κ1) is 12.4. The molecule has 1 aliphatic rings. The zero-order valence-corrected chi connectivity index (χ0v) is 10.3. The second kappa shape index (κ2) is 4.68. The lowest BCUT2D eigenvalue weighted by Gasteiger charge is -2.15. The molecule has 17 heavy (non-hydrogen) atoms. The van der Waals surface area contributed by atoms with Crippen molar-refractivity contribution in [3.63, 3.8) is 0 Å². The topological polar surface area (TPSA) is 20.3 Å². The maximum atomic E-state index is 13.0. The summed E-state index contributed by atoms with van der Waals surface area (Å²) in [5, 5.41) is 0. The maximum Gasteiger partial charge on any atom is 0.254 e. The molecule has 0 bridgehead atoms. The molecule has 0 aliphatic carbocycles. The minimum atomic E-state index is -1.55. The van der Waals surface area contributed by atoms with Gasteiger partial charge >= 0.3 is 0 Å². The van der Waals surface area contributed by atoms with Gasteiger partial charge in [0.1, 0.15) is 0 Å². The highest BCUT2D eigenvalue weighted by Crippen LogP contribution is 2.20. The van der Waals surface area contributed by atoms with E-state index in [-0.39, 0.29) is 10.4 Å². The molecule has 0 aromatic heterocycles. The van der Waals surface area contributed by atoms with Crippen LogP contribution in [0.15, 0.2) is 12.1 Å². The van der Waals surface area contributed by atoms with Gasteiger partial charge in [-0.25, -0.2) is 13.2 Å². The van der Waals surface area contributed by atoms with Gasteiger partial charge in [0.15, 0.2) is 17.5 Å². The maximum absolute atomic E-state index is 13.0. The lowest BCUT2D eigenvalue weighted by molar-refractivity contribution is 0.0792. The summed E-state index contributed by atoms with van der Waals surface area (Å²) in [4.78, 5) is 13.5. The monoisotopic (exact) mass is 307 g/mol. The van der Waals surface area contributed by atoms with Crippen LogP contribution in [0.25, 0.3) is 0 Å². The van der Waals surface area contributed by atoms with Crippen molar-refractivity contribution >= 4 is 21.8 Å². The summed E-state index contributed by atoms with van der Waals surface area (Å²) in [7, 11) is 0. The van der Waals surface area contributed by atoms with E-state index in [1.807, 2.05) is 0 Å². The highest BCUT2D eigenvalue weighted by atomic mass is 79.9. The molecule has 1 saturated heterocycles. The Hall–Kier alpha value is -1.04. The molecule has 0 saturated carbocycles. The fraction of sp³-hybridized carbons (Fsp3) is 0.364. The van der Waals surface area contributed by atoms with E-state index in [9.17, 15) is 18.0 Å². The van der Waals surface area contributed by atoms with Crippen LogP contribution in [0, 0.1) is 17.5 Å². The van der Waals surface area contributed by atoms with Crippen LogP contribution >= 0.6 is 15.9 Å². The fourth-order valence-electron chi connectivity index (χ4n) is 1.76. The highest BCUT2D eigenvalue weighted by Gasteiger charge is 2.26. The molecule has 1 heterocycles. The molecule has 0 N–H and O–H groups in total. The first-order valence-corrected chi connectivity index (χ1v) is 5.98. The number of alkyl halides is 1. The molecule has 6 heteroatoms. The Balaban J connectivity index is 2.25. The summed E-state index contributed by atoms with van der Waals surface area (Å²) in [6.45, 7) is 1.01. The van der Waals surface area contributed by atoms with Gasteiger partial charge in [-0.1, -0.05) is 15.9 Å². The quantitative estimate of drug-likeness (QED) is 0.577. The molecule has 2 rings (SSSR count). The number of hydrogen-bond donors (Lipinski definition) is 0. The van der Waals surface area contributed by atoms with Crippen molar-refractivity contribution in [2.45, 2.75) is 11.2 Å². The average Bonchev–Trinajstić information content (AvgIpc) is 2.71. The van der Waals surface area contributed by atoms with E-state index in [4.69, 9.17) is 0 Å². The standard InChI is InChI=1S/C11H9BrF3NO/c12-7-1-2-16(5-7)11(17)6-3-8(13)10(15)9(14)4-6/h3-4,7H,1-2,5H2. The molecule has 1 amide bonds. The number of rotatable bonds is 1. The van der Waals surface area contributed by atoms with Crippen molar-refractivity contribution in [3.8, 4) is 0 Å². The van der Waals surface area contributed by atoms with Crippen molar-refractivity contribution in [1.29, 1.82) is 0 Å². The van der Waals surface area contributed by atoms with Crippen LogP contribution in [0.1, 0.15) is 16.8 Å². The van der Waals surface area contributed by atoms with Crippen LogP contribution in [0.4, 0.5) is 13.2 Å². The lowest BCUT2D eigenvalue weighted by atomic mass is 10.2. The third kappa shape index (κ3) is 2.46. The Morgan fingerprint density at radius 2 is 1.88 bits per heavy atom. The number of carbonyl (C=O) groups is 1. The number of likely N-dealkylation sites (tertiary alicyclic amines) is 1. The molecule has 1 atom stereocenters. The Labute approximate surface area is 105 Å². The second-order valence-corrected chi connectivity index (χ2v) is 5.19. The largest absolute Gasteiger partial charge is 0.337 e. The molecule has 0 spiro atoms. The number of benzene rings is 1. The van der Waals surface area contributed by atoms with Gasteiger partial charge in [-0.15, -0.1) is 0 Å². The number of carbonyl (C=O) groups excluding carboxylic acids is 1. The van der Waals surface area contributed by atoms with Crippen LogP contribution in [-0.4, -0.2) is 28.7 Å². The van der Waals surface area contributed by atoms with Gasteiger partial charge in [-0.05, 0) is 18.6 Å². The van der Waals surface area contributed by atoms with E-state index in [0.717, 1.165) is 18.6 Å². The van der Waals surface area contributed by atoms with Crippen molar-refractivity contribution in [3.05, 3.63) is 35.1 Å². The smallest absolute Gasteiger partial charge is 0.254 e. The molecule has 0 radical (unpaired) electrons.